The molecule has 1 saturated heterocycles. The molecule has 1 aliphatic rings. The lowest BCUT2D eigenvalue weighted by Gasteiger charge is -2.23. The molecule has 1 rings (SSSR count). The molecule has 0 saturated carbocycles. The van der Waals surface area contributed by atoms with Crippen LogP contribution in [0, 0.1) is 0 Å². The van der Waals surface area contributed by atoms with E-state index >= 15 is 0 Å². The fourth-order valence-electron chi connectivity index (χ4n) is 1.47. The molecule has 1 fully saturated rings. The number of unbranched alkanes of at least 4 members (excludes halogenated alkanes) is 1. The summed E-state index contributed by atoms with van der Waals surface area (Å²) >= 11 is 0. The summed E-state index contributed by atoms with van der Waals surface area (Å²) in [6.07, 6.45) is 3.65. The molecule has 0 aliphatic carbocycles. The van der Waals surface area contributed by atoms with E-state index in [0.29, 0.717) is 12.6 Å². The number of carbonyl (C=O) groups excluding carboxylic acids is 1. The molecular weight excluding hydrogens is 194 g/mol. The lowest BCUT2D eigenvalue weighted by atomic mass is 10.1. The number of hydrazine groups is 1. The van der Waals surface area contributed by atoms with Gasteiger partial charge in [0.05, 0.1) is 6.61 Å². The molecule has 3 N–H and O–H groups in total. The van der Waals surface area contributed by atoms with Crippen LogP contribution in [-0.4, -0.2) is 31.8 Å². The fraction of sp³-hybridized carbons (Fsp3) is 0.900. The molecule has 1 amide bonds. The van der Waals surface area contributed by atoms with E-state index < -0.39 is 0 Å². The third kappa shape index (κ3) is 5.59. The zero-order valence-electron chi connectivity index (χ0n) is 9.34. The van der Waals surface area contributed by atoms with E-state index in [9.17, 15) is 4.79 Å². The predicted molar refractivity (Wildman–Crippen MR) is 58.4 cm³/mol. The number of carbonyl (C=O) groups is 1. The van der Waals surface area contributed by atoms with Gasteiger partial charge in [0.15, 0.2) is 0 Å². The van der Waals surface area contributed by atoms with Crippen LogP contribution in [0.5, 0.6) is 0 Å². The van der Waals surface area contributed by atoms with Gasteiger partial charge in [-0.05, 0) is 32.4 Å². The van der Waals surface area contributed by atoms with E-state index in [-0.39, 0.29) is 6.09 Å². The molecular formula is C10H21N3O2. The number of ether oxygens (including phenoxy) is 1. The molecule has 0 aromatic carbocycles. The second-order valence-corrected chi connectivity index (χ2v) is 3.78. The minimum atomic E-state index is -0.373. The summed E-state index contributed by atoms with van der Waals surface area (Å²) in [7, 11) is 0. The summed E-state index contributed by atoms with van der Waals surface area (Å²) < 4.78 is 4.95. The highest BCUT2D eigenvalue weighted by Crippen LogP contribution is 2.00. The fourth-order valence-corrected chi connectivity index (χ4v) is 1.47. The largest absolute Gasteiger partial charge is 0.449 e. The smallest absolute Gasteiger partial charge is 0.421 e. The Morgan fingerprint density at radius 2 is 2.20 bits per heavy atom. The first-order valence-electron chi connectivity index (χ1n) is 5.72. The standard InChI is InChI=1S/C10H21N3O2/c1-2-3-8-15-10(14)13-12-9-4-6-11-7-5-9/h9,11-12H,2-8H2,1H3,(H,13,14). The van der Waals surface area contributed by atoms with Crippen LogP contribution in [-0.2, 0) is 4.74 Å². The van der Waals surface area contributed by atoms with Crippen LogP contribution in [0.2, 0.25) is 0 Å². The second-order valence-electron chi connectivity index (χ2n) is 3.78. The molecule has 0 radical (unpaired) electrons. The monoisotopic (exact) mass is 215 g/mol. The summed E-state index contributed by atoms with van der Waals surface area (Å²) in [5.41, 5.74) is 5.56. The topological polar surface area (TPSA) is 62.4 Å². The molecule has 1 aliphatic heterocycles. The van der Waals surface area contributed by atoms with E-state index in [1.54, 1.807) is 0 Å². The third-order valence-electron chi connectivity index (χ3n) is 2.45. The van der Waals surface area contributed by atoms with Crippen molar-refractivity contribution in [1.29, 1.82) is 0 Å². The molecule has 88 valence electrons. The zero-order valence-corrected chi connectivity index (χ0v) is 9.34. The molecule has 0 atom stereocenters. The Balaban J connectivity index is 2.00. The first-order chi connectivity index (χ1) is 7.33. The van der Waals surface area contributed by atoms with Crippen molar-refractivity contribution >= 4 is 6.09 Å². The Bertz CT molecular complexity index is 182. The maximum absolute atomic E-state index is 11.1. The molecule has 0 spiro atoms. The van der Waals surface area contributed by atoms with Gasteiger partial charge in [0, 0.05) is 6.04 Å². The number of nitrogens with one attached hydrogen (secondary N) is 3. The van der Waals surface area contributed by atoms with Crippen LogP contribution in [0.4, 0.5) is 4.79 Å². The van der Waals surface area contributed by atoms with Crippen molar-refractivity contribution in [3.63, 3.8) is 0 Å². The maximum atomic E-state index is 11.1. The van der Waals surface area contributed by atoms with Gasteiger partial charge in [-0.3, -0.25) is 5.43 Å². The van der Waals surface area contributed by atoms with Gasteiger partial charge in [-0.1, -0.05) is 13.3 Å². The molecule has 1 heterocycles. The summed E-state index contributed by atoms with van der Waals surface area (Å²) in [4.78, 5) is 11.1. The van der Waals surface area contributed by atoms with Crippen LogP contribution in [0.1, 0.15) is 32.6 Å². The van der Waals surface area contributed by atoms with Gasteiger partial charge in [-0.25, -0.2) is 10.2 Å². The van der Waals surface area contributed by atoms with Gasteiger partial charge in [0.25, 0.3) is 0 Å². The molecule has 0 aromatic rings. The minimum Gasteiger partial charge on any atom is -0.449 e. The van der Waals surface area contributed by atoms with E-state index in [1.165, 1.54) is 0 Å². The number of hydrogen-bond acceptors (Lipinski definition) is 4. The first kappa shape index (κ1) is 12.3. The Morgan fingerprint density at radius 3 is 2.87 bits per heavy atom. The number of amides is 1. The summed E-state index contributed by atoms with van der Waals surface area (Å²) in [5, 5.41) is 3.26. The number of hydrogen-bond donors (Lipinski definition) is 3. The number of rotatable bonds is 5. The highest BCUT2D eigenvalue weighted by Gasteiger charge is 2.13. The Kier molecular flexibility index (Phi) is 6.11. The van der Waals surface area contributed by atoms with Crippen LogP contribution < -0.4 is 16.2 Å². The van der Waals surface area contributed by atoms with Crippen molar-refractivity contribution < 1.29 is 9.53 Å². The van der Waals surface area contributed by atoms with E-state index in [1.807, 2.05) is 0 Å². The van der Waals surface area contributed by atoms with Gasteiger partial charge >= 0.3 is 6.09 Å². The maximum Gasteiger partial charge on any atom is 0.421 e. The van der Waals surface area contributed by atoms with Crippen molar-refractivity contribution in [2.24, 2.45) is 0 Å². The first-order valence-corrected chi connectivity index (χ1v) is 5.72. The van der Waals surface area contributed by atoms with Gasteiger partial charge in [-0.2, -0.15) is 0 Å². The van der Waals surface area contributed by atoms with Crippen LogP contribution >= 0.6 is 0 Å². The second kappa shape index (κ2) is 7.48. The summed E-state index contributed by atoms with van der Waals surface area (Å²) in [6, 6.07) is 0.366. The van der Waals surface area contributed by atoms with Crippen LogP contribution in [0.25, 0.3) is 0 Å². The zero-order chi connectivity index (χ0) is 10.9. The summed E-state index contributed by atoms with van der Waals surface area (Å²) in [6.45, 7) is 4.57. The lowest BCUT2D eigenvalue weighted by Crippen LogP contribution is -2.48. The molecule has 0 bridgehead atoms. The Morgan fingerprint density at radius 1 is 1.47 bits per heavy atom. The quantitative estimate of drug-likeness (QED) is 0.468. The normalized spacial score (nSPS) is 17.4. The summed E-state index contributed by atoms with van der Waals surface area (Å²) in [5.74, 6) is 0. The van der Waals surface area contributed by atoms with Crippen LogP contribution in [0.15, 0.2) is 0 Å². The Labute approximate surface area is 90.9 Å². The lowest BCUT2D eigenvalue weighted by molar-refractivity contribution is 0.136. The van der Waals surface area contributed by atoms with E-state index in [0.717, 1.165) is 38.8 Å². The van der Waals surface area contributed by atoms with E-state index in [2.05, 4.69) is 23.1 Å². The number of piperidine rings is 1. The third-order valence-corrected chi connectivity index (χ3v) is 2.45. The Hall–Kier alpha value is -0.810. The average Bonchev–Trinajstić information content (AvgIpc) is 2.28. The molecule has 5 heteroatoms. The van der Waals surface area contributed by atoms with Crippen LogP contribution in [0.3, 0.4) is 0 Å². The van der Waals surface area contributed by atoms with Crippen molar-refractivity contribution in [3.05, 3.63) is 0 Å². The highest BCUT2D eigenvalue weighted by molar-refractivity contribution is 5.66. The average molecular weight is 215 g/mol. The van der Waals surface area contributed by atoms with Gasteiger partial charge in [0.2, 0.25) is 0 Å². The van der Waals surface area contributed by atoms with Gasteiger partial charge < -0.3 is 10.1 Å². The van der Waals surface area contributed by atoms with Crippen molar-refractivity contribution in [3.8, 4) is 0 Å². The molecule has 0 unspecified atom stereocenters. The van der Waals surface area contributed by atoms with Gasteiger partial charge in [0.1, 0.15) is 0 Å². The predicted octanol–water partition coefficient (Wildman–Crippen LogP) is 0.769. The molecule has 5 nitrogen and oxygen atoms in total. The van der Waals surface area contributed by atoms with Crippen molar-refractivity contribution in [1.82, 2.24) is 16.2 Å². The molecule has 15 heavy (non-hydrogen) atoms. The molecule has 0 aromatic heterocycles. The van der Waals surface area contributed by atoms with E-state index in [4.69, 9.17) is 4.74 Å². The highest BCUT2D eigenvalue weighted by atomic mass is 16.6. The minimum absolute atomic E-state index is 0.366. The SMILES string of the molecule is CCCCOC(=O)NNC1CCNCC1. The van der Waals surface area contributed by atoms with Gasteiger partial charge in [-0.15, -0.1) is 0 Å². The van der Waals surface area contributed by atoms with Crippen molar-refractivity contribution in [2.45, 2.75) is 38.6 Å². The van der Waals surface area contributed by atoms with Crippen molar-refractivity contribution in [2.75, 3.05) is 19.7 Å².